The average molecular weight is 325 g/mol. The Morgan fingerprint density at radius 3 is 2.29 bits per heavy atom. The fourth-order valence-corrected chi connectivity index (χ4v) is 2.66. The molecule has 0 atom stereocenters. The van der Waals surface area contributed by atoms with Gasteiger partial charge >= 0.3 is 0 Å². The van der Waals surface area contributed by atoms with Crippen LogP contribution in [-0.2, 0) is 0 Å². The van der Waals surface area contributed by atoms with Gasteiger partial charge in [0, 0.05) is 5.39 Å². The minimum absolute atomic E-state index is 0.109. The second-order valence-electron chi connectivity index (χ2n) is 4.52. The third kappa shape index (κ3) is 2.34. The van der Waals surface area contributed by atoms with Crippen LogP contribution in [0.2, 0.25) is 10.2 Å². The number of hydrogen-bond donors (Lipinski definition) is 0. The largest absolute Gasteiger partial charge is 0.226 e. The van der Waals surface area contributed by atoms with E-state index in [4.69, 9.17) is 23.2 Å². The van der Waals surface area contributed by atoms with E-state index in [0.29, 0.717) is 15.9 Å². The maximum atomic E-state index is 13.9. The van der Waals surface area contributed by atoms with Crippen molar-refractivity contribution in [3.05, 3.63) is 57.7 Å². The summed E-state index contributed by atoms with van der Waals surface area (Å²) >= 11 is 12.2. The van der Waals surface area contributed by atoms with E-state index in [0.717, 1.165) is 17.7 Å². The van der Waals surface area contributed by atoms with Crippen LogP contribution in [0.15, 0.2) is 30.3 Å². The van der Waals surface area contributed by atoms with Crippen LogP contribution in [0.4, 0.5) is 8.78 Å². The minimum atomic E-state index is -0.755. The number of fused-ring (bicyclic) bond motifs is 1. The third-order valence-electron chi connectivity index (χ3n) is 3.15. The van der Waals surface area contributed by atoms with Crippen LogP contribution in [0.25, 0.3) is 22.3 Å². The Balaban J connectivity index is 2.39. The molecule has 21 heavy (non-hydrogen) atoms. The standard InChI is InChI=1S/C15H8Cl2F2N2/c1-7-5-6-8(16)13-11(7)14(17)21-15(20-13)12-9(18)3-2-4-10(12)19/h2-6H,1H3. The normalized spacial score (nSPS) is 11.1. The summed E-state index contributed by atoms with van der Waals surface area (Å²) in [5.74, 6) is -1.64. The molecular formula is C15H8Cl2F2N2. The maximum Gasteiger partial charge on any atom is 0.167 e. The molecule has 1 aromatic heterocycles. The molecular weight excluding hydrogens is 317 g/mol. The fraction of sp³-hybridized carbons (Fsp3) is 0.0667. The summed E-state index contributed by atoms with van der Waals surface area (Å²) in [6.07, 6.45) is 0. The van der Waals surface area contributed by atoms with E-state index < -0.39 is 11.6 Å². The monoisotopic (exact) mass is 324 g/mol. The number of benzene rings is 2. The number of halogens is 4. The van der Waals surface area contributed by atoms with Gasteiger partial charge in [-0.25, -0.2) is 18.7 Å². The highest BCUT2D eigenvalue weighted by atomic mass is 35.5. The fourth-order valence-electron chi connectivity index (χ4n) is 2.14. The lowest BCUT2D eigenvalue weighted by atomic mass is 10.1. The molecule has 0 bridgehead atoms. The van der Waals surface area contributed by atoms with E-state index in [9.17, 15) is 8.78 Å². The molecule has 3 aromatic rings. The molecule has 0 unspecified atom stereocenters. The molecule has 0 fully saturated rings. The molecule has 0 aliphatic heterocycles. The van der Waals surface area contributed by atoms with Crippen LogP contribution in [0.5, 0.6) is 0 Å². The van der Waals surface area contributed by atoms with Crippen LogP contribution < -0.4 is 0 Å². The number of hydrogen-bond acceptors (Lipinski definition) is 2. The van der Waals surface area contributed by atoms with Crippen molar-refractivity contribution in [2.45, 2.75) is 6.92 Å². The summed E-state index contributed by atoms with van der Waals surface area (Å²) in [6, 6.07) is 6.98. The van der Waals surface area contributed by atoms with Gasteiger partial charge in [0.1, 0.15) is 16.8 Å². The average Bonchev–Trinajstić information content (AvgIpc) is 2.42. The Bertz CT molecular complexity index is 846. The van der Waals surface area contributed by atoms with Crippen LogP contribution in [-0.4, -0.2) is 9.97 Å². The van der Waals surface area contributed by atoms with Crippen LogP contribution in [0.3, 0.4) is 0 Å². The topological polar surface area (TPSA) is 25.8 Å². The Hall–Kier alpha value is -1.78. The first kappa shape index (κ1) is 14.2. The predicted molar refractivity (Wildman–Crippen MR) is 79.6 cm³/mol. The summed E-state index contributed by atoms with van der Waals surface area (Å²) in [4.78, 5) is 8.19. The first-order valence-corrected chi connectivity index (χ1v) is 6.81. The number of aromatic nitrogens is 2. The van der Waals surface area contributed by atoms with Crippen molar-refractivity contribution in [2.24, 2.45) is 0 Å². The van der Waals surface area contributed by atoms with Crippen molar-refractivity contribution in [3.8, 4) is 11.4 Å². The highest BCUT2D eigenvalue weighted by molar-refractivity contribution is 6.38. The van der Waals surface area contributed by atoms with E-state index in [-0.39, 0.29) is 16.5 Å². The Morgan fingerprint density at radius 1 is 0.952 bits per heavy atom. The van der Waals surface area contributed by atoms with Gasteiger partial charge in [0.15, 0.2) is 5.82 Å². The van der Waals surface area contributed by atoms with Gasteiger partial charge < -0.3 is 0 Å². The first-order chi connectivity index (χ1) is 9.99. The second kappa shape index (κ2) is 5.20. The first-order valence-electron chi connectivity index (χ1n) is 6.06. The molecule has 2 nitrogen and oxygen atoms in total. The Labute approximate surface area is 129 Å². The number of rotatable bonds is 1. The molecule has 0 saturated carbocycles. The third-order valence-corrected chi connectivity index (χ3v) is 3.73. The molecule has 0 aliphatic rings. The van der Waals surface area contributed by atoms with Crippen molar-refractivity contribution in [2.75, 3.05) is 0 Å². The molecule has 106 valence electrons. The Kier molecular flexibility index (Phi) is 3.51. The number of nitrogens with zero attached hydrogens (tertiary/aromatic N) is 2. The molecule has 3 rings (SSSR count). The van der Waals surface area contributed by atoms with Gasteiger partial charge in [0.05, 0.1) is 16.1 Å². The zero-order valence-corrected chi connectivity index (χ0v) is 12.3. The molecule has 0 radical (unpaired) electrons. The molecule has 0 aliphatic carbocycles. The van der Waals surface area contributed by atoms with Gasteiger partial charge in [-0.2, -0.15) is 0 Å². The summed E-state index contributed by atoms with van der Waals surface area (Å²) in [6.45, 7) is 1.83. The molecule has 1 heterocycles. The summed E-state index contributed by atoms with van der Waals surface area (Å²) in [7, 11) is 0. The summed E-state index contributed by atoms with van der Waals surface area (Å²) in [5.41, 5.74) is 0.883. The van der Waals surface area contributed by atoms with Crippen molar-refractivity contribution in [1.82, 2.24) is 9.97 Å². The highest BCUT2D eigenvalue weighted by Gasteiger charge is 2.18. The smallest absolute Gasteiger partial charge is 0.167 e. The van der Waals surface area contributed by atoms with Crippen LogP contribution in [0.1, 0.15) is 5.56 Å². The van der Waals surface area contributed by atoms with Crippen molar-refractivity contribution in [3.63, 3.8) is 0 Å². The van der Waals surface area contributed by atoms with Gasteiger partial charge in [0.25, 0.3) is 0 Å². The van der Waals surface area contributed by atoms with Gasteiger partial charge in [-0.05, 0) is 30.7 Å². The number of aryl methyl sites for hydroxylation is 1. The van der Waals surface area contributed by atoms with E-state index in [1.165, 1.54) is 6.07 Å². The van der Waals surface area contributed by atoms with E-state index in [2.05, 4.69) is 9.97 Å². The van der Waals surface area contributed by atoms with Crippen molar-refractivity contribution >= 4 is 34.1 Å². The summed E-state index contributed by atoms with van der Waals surface area (Å²) in [5, 5.41) is 1.03. The lowest BCUT2D eigenvalue weighted by Crippen LogP contribution is -1.98. The molecule has 0 amide bonds. The van der Waals surface area contributed by atoms with E-state index in [1.54, 1.807) is 12.1 Å². The SMILES string of the molecule is Cc1ccc(Cl)c2nc(-c3c(F)cccc3F)nc(Cl)c12. The van der Waals surface area contributed by atoms with Gasteiger partial charge in [-0.15, -0.1) is 0 Å². The summed E-state index contributed by atoms with van der Waals surface area (Å²) < 4.78 is 27.7. The van der Waals surface area contributed by atoms with Crippen molar-refractivity contribution in [1.29, 1.82) is 0 Å². The molecule has 0 spiro atoms. The lowest BCUT2D eigenvalue weighted by molar-refractivity contribution is 0.587. The predicted octanol–water partition coefficient (Wildman–Crippen LogP) is 5.19. The molecule has 2 aromatic carbocycles. The van der Waals surface area contributed by atoms with E-state index >= 15 is 0 Å². The zero-order valence-electron chi connectivity index (χ0n) is 10.8. The highest BCUT2D eigenvalue weighted by Crippen LogP contribution is 2.32. The maximum absolute atomic E-state index is 13.9. The minimum Gasteiger partial charge on any atom is -0.226 e. The molecule has 6 heteroatoms. The zero-order chi connectivity index (χ0) is 15.1. The lowest BCUT2D eigenvalue weighted by Gasteiger charge is -2.09. The Morgan fingerprint density at radius 2 is 1.62 bits per heavy atom. The molecule has 0 saturated heterocycles. The second-order valence-corrected chi connectivity index (χ2v) is 5.29. The van der Waals surface area contributed by atoms with Gasteiger partial charge in [-0.3, -0.25) is 0 Å². The van der Waals surface area contributed by atoms with Crippen LogP contribution in [0, 0.1) is 18.6 Å². The van der Waals surface area contributed by atoms with Crippen LogP contribution >= 0.6 is 23.2 Å². The van der Waals surface area contributed by atoms with Gasteiger partial charge in [0.2, 0.25) is 0 Å². The van der Waals surface area contributed by atoms with Crippen molar-refractivity contribution < 1.29 is 8.78 Å². The molecule has 0 N–H and O–H groups in total. The van der Waals surface area contributed by atoms with Gasteiger partial charge in [-0.1, -0.05) is 35.3 Å². The quantitative estimate of drug-likeness (QED) is 0.575. The van der Waals surface area contributed by atoms with E-state index in [1.807, 2.05) is 6.92 Å².